The number of hydrogen-bond donors (Lipinski definition) is 1. The van der Waals surface area contributed by atoms with Crippen molar-refractivity contribution in [1.29, 1.82) is 0 Å². The molecule has 1 aliphatic heterocycles. The molecule has 1 unspecified atom stereocenters. The minimum atomic E-state index is 0.472. The maximum atomic E-state index is 5.23. The van der Waals surface area contributed by atoms with Gasteiger partial charge < -0.3 is 10.1 Å². The molecule has 1 aromatic carbocycles. The van der Waals surface area contributed by atoms with Gasteiger partial charge in [0.15, 0.2) is 0 Å². The van der Waals surface area contributed by atoms with Crippen molar-refractivity contribution in [3.8, 4) is 5.75 Å². The zero-order chi connectivity index (χ0) is 10.7. The Balaban J connectivity index is 2.28. The molecule has 80 valence electrons. The van der Waals surface area contributed by atoms with Crippen LogP contribution in [0.25, 0.3) is 5.57 Å². The molecule has 1 N–H and O–H groups in total. The third kappa shape index (κ3) is 2.39. The van der Waals surface area contributed by atoms with E-state index in [1.807, 2.05) is 12.1 Å². The lowest BCUT2D eigenvalue weighted by molar-refractivity contribution is 0.414. The standard InChI is InChI=1S/C13H17NO/c1-10-8-12(6-7-14-10)11-4-3-5-13(9-11)15-2/h3-5,8-10,14H,6-7H2,1-2H3. The minimum absolute atomic E-state index is 0.472. The second-order valence-corrected chi connectivity index (χ2v) is 3.92. The highest BCUT2D eigenvalue weighted by atomic mass is 16.5. The number of methoxy groups -OCH3 is 1. The summed E-state index contributed by atoms with van der Waals surface area (Å²) in [7, 11) is 1.71. The van der Waals surface area contributed by atoms with Gasteiger partial charge in [-0.1, -0.05) is 18.2 Å². The lowest BCUT2D eigenvalue weighted by Gasteiger charge is -2.20. The molecule has 1 atom stereocenters. The Morgan fingerprint density at radius 2 is 2.27 bits per heavy atom. The van der Waals surface area contributed by atoms with Crippen LogP contribution >= 0.6 is 0 Å². The first-order valence-corrected chi connectivity index (χ1v) is 5.38. The largest absolute Gasteiger partial charge is 0.497 e. The van der Waals surface area contributed by atoms with Gasteiger partial charge >= 0.3 is 0 Å². The second-order valence-electron chi connectivity index (χ2n) is 3.92. The zero-order valence-corrected chi connectivity index (χ0v) is 9.29. The van der Waals surface area contributed by atoms with E-state index in [1.54, 1.807) is 7.11 Å². The predicted octanol–water partition coefficient (Wildman–Crippen LogP) is 2.46. The van der Waals surface area contributed by atoms with Crippen molar-refractivity contribution >= 4 is 5.57 Å². The smallest absolute Gasteiger partial charge is 0.119 e. The summed E-state index contributed by atoms with van der Waals surface area (Å²) in [6.45, 7) is 3.24. The van der Waals surface area contributed by atoms with Gasteiger partial charge in [-0.15, -0.1) is 0 Å². The number of hydrogen-bond acceptors (Lipinski definition) is 2. The molecule has 15 heavy (non-hydrogen) atoms. The van der Waals surface area contributed by atoms with Crippen molar-refractivity contribution in [2.75, 3.05) is 13.7 Å². The number of benzene rings is 1. The van der Waals surface area contributed by atoms with Crippen LogP contribution in [-0.2, 0) is 0 Å². The molecule has 0 fully saturated rings. The highest BCUT2D eigenvalue weighted by Crippen LogP contribution is 2.24. The lowest BCUT2D eigenvalue weighted by Crippen LogP contribution is -2.29. The van der Waals surface area contributed by atoms with Gasteiger partial charge in [0.05, 0.1) is 7.11 Å². The van der Waals surface area contributed by atoms with Crippen molar-refractivity contribution in [2.24, 2.45) is 0 Å². The summed E-state index contributed by atoms with van der Waals surface area (Å²) in [6.07, 6.45) is 3.38. The molecular weight excluding hydrogens is 186 g/mol. The monoisotopic (exact) mass is 203 g/mol. The van der Waals surface area contributed by atoms with Gasteiger partial charge in [-0.05, 0) is 43.2 Å². The van der Waals surface area contributed by atoms with Crippen LogP contribution in [0.3, 0.4) is 0 Å². The number of ether oxygens (including phenoxy) is 1. The molecular formula is C13H17NO. The number of rotatable bonds is 2. The van der Waals surface area contributed by atoms with E-state index in [1.165, 1.54) is 11.1 Å². The van der Waals surface area contributed by atoms with Crippen molar-refractivity contribution in [1.82, 2.24) is 5.32 Å². The maximum Gasteiger partial charge on any atom is 0.119 e. The van der Waals surface area contributed by atoms with Crippen LogP contribution in [0.15, 0.2) is 30.3 Å². The molecule has 2 nitrogen and oxygen atoms in total. The molecule has 2 rings (SSSR count). The summed E-state index contributed by atoms with van der Waals surface area (Å²) < 4.78 is 5.23. The summed E-state index contributed by atoms with van der Waals surface area (Å²) in [4.78, 5) is 0. The van der Waals surface area contributed by atoms with E-state index in [2.05, 4.69) is 30.4 Å². The Morgan fingerprint density at radius 1 is 1.40 bits per heavy atom. The summed E-state index contributed by atoms with van der Waals surface area (Å²) in [5, 5.41) is 3.40. The summed E-state index contributed by atoms with van der Waals surface area (Å²) in [6, 6.07) is 8.74. The Morgan fingerprint density at radius 3 is 3.00 bits per heavy atom. The molecule has 0 radical (unpaired) electrons. The average Bonchev–Trinajstić information content (AvgIpc) is 2.29. The fourth-order valence-corrected chi connectivity index (χ4v) is 1.94. The average molecular weight is 203 g/mol. The van der Waals surface area contributed by atoms with E-state index in [0.29, 0.717) is 6.04 Å². The van der Waals surface area contributed by atoms with Gasteiger partial charge in [0.1, 0.15) is 5.75 Å². The minimum Gasteiger partial charge on any atom is -0.497 e. The number of nitrogens with one attached hydrogen (secondary N) is 1. The van der Waals surface area contributed by atoms with Gasteiger partial charge in [0.25, 0.3) is 0 Å². The van der Waals surface area contributed by atoms with Gasteiger partial charge in [-0.3, -0.25) is 0 Å². The summed E-state index contributed by atoms with van der Waals surface area (Å²) in [5.41, 5.74) is 2.70. The molecule has 0 aliphatic carbocycles. The highest BCUT2D eigenvalue weighted by molar-refractivity contribution is 5.68. The molecule has 2 heteroatoms. The van der Waals surface area contributed by atoms with Crippen LogP contribution < -0.4 is 10.1 Å². The molecule has 0 aromatic heterocycles. The van der Waals surface area contributed by atoms with E-state index >= 15 is 0 Å². The van der Waals surface area contributed by atoms with Crippen LogP contribution in [0.1, 0.15) is 18.9 Å². The van der Waals surface area contributed by atoms with E-state index < -0.39 is 0 Å². The van der Waals surface area contributed by atoms with Crippen LogP contribution in [0.2, 0.25) is 0 Å². The first-order valence-electron chi connectivity index (χ1n) is 5.38. The van der Waals surface area contributed by atoms with Crippen LogP contribution in [-0.4, -0.2) is 19.7 Å². The molecule has 1 heterocycles. The summed E-state index contributed by atoms with van der Waals surface area (Å²) >= 11 is 0. The Bertz CT molecular complexity index is 371. The Labute approximate surface area is 91.0 Å². The topological polar surface area (TPSA) is 21.3 Å². The molecule has 1 aliphatic rings. The van der Waals surface area contributed by atoms with Gasteiger partial charge in [-0.2, -0.15) is 0 Å². The van der Waals surface area contributed by atoms with Gasteiger partial charge in [-0.25, -0.2) is 0 Å². The van der Waals surface area contributed by atoms with E-state index in [0.717, 1.165) is 18.7 Å². The van der Waals surface area contributed by atoms with Crippen molar-refractivity contribution in [2.45, 2.75) is 19.4 Å². The first-order chi connectivity index (χ1) is 7.29. The molecule has 0 spiro atoms. The maximum absolute atomic E-state index is 5.23. The fraction of sp³-hybridized carbons (Fsp3) is 0.385. The Kier molecular flexibility index (Phi) is 3.07. The quantitative estimate of drug-likeness (QED) is 0.797. The fourth-order valence-electron chi connectivity index (χ4n) is 1.94. The SMILES string of the molecule is COc1cccc(C2=CC(C)NCC2)c1. The van der Waals surface area contributed by atoms with E-state index in [4.69, 9.17) is 4.74 Å². The molecule has 1 aromatic rings. The third-order valence-corrected chi connectivity index (χ3v) is 2.75. The zero-order valence-electron chi connectivity index (χ0n) is 9.29. The predicted molar refractivity (Wildman–Crippen MR) is 63.1 cm³/mol. The van der Waals surface area contributed by atoms with Crippen LogP contribution in [0.4, 0.5) is 0 Å². The van der Waals surface area contributed by atoms with Gasteiger partial charge in [0.2, 0.25) is 0 Å². The van der Waals surface area contributed by atoms with Gasteiger partial charge in [0, 0.05) is 6.04 Å². The first kappa shape index (κ1) is 10.2. The van der Waals surface area contributed by atoms with Crippen molar-refractivity contribution in [3.05, 3.63) is 35.9 Å². The Hall–Kier alpha value is -1.28. The molecule has 0 saturated carbocycles. The molecule has 0 amide bonds. The van der Waals surface area contributed by atoms with Crippen LogP contribution in [0, 0.1) is 0 Å². The van der Waals surface area contributed by atoms with Crippen molar-refractivity contribution in [3.63, 3.8) is 0 Å². The molecule has 0 bridgehead atoms. The van der Waals surface area contributed by atoms with Crippen LogP contribution in [0.5, 0.6) is 5.75 Å². The van der Waals surface area contributed by atoms with Crippen molar-refractivity contribution < 1.29 is 4.74 Å². The normalized spacial score (nSPS) is 20.9. The highest BCUT2D eigenvalue weighted by Gasteiger charge is 2.10. The van der Waals surface area contributed by atoms with E-state index in [9.17, 15) is 0 Å². The molecule has 0 saturated heterocycles. The summed E-state index contributed by atoms with van der Waals surface area (Å²) in [5.74, 6) is 0.930. The lowest BCUT2D eigenvalue weighted by atomic mass is 9.97. The third-order valence-electron chi connectivity index (χ3n) is 2.75. The van der Waals surface area contributed by atoms with E-state index in [-0.39, 0.29) is 0 Å². The second kappa shape index (κ2) is 4.49.